The highest BCUT2D eigenvalue weighted by Crippen LogP contribution is 2.40. The fourth-order valence-corrected chi connectivity index (χ4v) is 5.47. The van der Waals surface area contributed by atoms with Crippen molar-refractivity contribution in [1.82, 2.24) is 0 Å². The predicted molar refractivity (Wildman–Crippen MR) is 168 cm³/mol. The number of carbonyl (C=O) groups is 1. The SMILES string of the molecule is CCCCCCCCCCCCCCCCCCC(=O)CCCc1cc(C(C)(C)C)c(O)c(C(C)(C)C)c1. The van der Waals surface area contributed by atoms with Crippen molar-refractivity contribution in [2.45, 2.75) is 188 Å². The zero-order valence-electron chi connectivity index (χ0n) is 26.7. The van der Waals surface area contributed by atoms with Crippen molar-refractivity contribution in [2.75, 3.05) is 0 Å². The van der Waals surface area contributed by atoms with Crippen molar-refractivity contribution in [3.05, 3.63) is 28.8 Å². The van der Waals surface area contributed by atoms with E-state index in [1.165, 1.54) is 102 Å². The number of aromatic hydroxyl groups is 1. The lowest BCUT2D eigenvalue weighted by Crippen LogP contribution is -2.18. The number of hydrogen-bond donors (Lipinski definition) is 1. The third-order valence-electron chi connectivity index (χ3n) is 8.02. The fourth-order valence-electron chi connectivity index (χ4n) is 5.47. The minimum Gasteiger partial charge on any atom is -0.507 e. The van der Waals surface area contributed by atoms with Crippen molar-refractivity contribution < 1.29 is 9.90 Å². The van der Waals surface area contributed by atoms with Gasteiger partial charge in [-0.05, 0) is 46.8 Å². The maximum Gasteiger partial charge on any atom is 0.132 e. The first-order valence-electron chi connectivity index (χ1n) is 16.4. The van der Waals surface area contributed by atoms with Crippen LogP contribution in [0.5, 0.6) is 5.75 Å². The van der Waals surface area contributed by atoms with Gasteiger partial charge in [-0.15, -0.1) is 0 Å². The number of hydrogen-bond acceptors (Lipinski definition) is 2. The molecule has 0 bridgehead atoms. The number of ketones is 1. The van der Waals surface area contributed by atoms with Crippen LogP contribution in [-0.2, 0) is 22.0 Å². The summed E-state index contributed by atoms with van der Waals surface area (Å²) in [5.41, 5.74) is 3.05. The van der Waals surface area contributed by atoms with Crippen molar-refractivity contribution in [3.63, 3.8) is 0 Å². The standard InChI is InChI=1S/C36H64O2/c1-8-9-10-11-12-13-14-15-16-17-18-19-20-21-22-23-26-31(37)27-24-25-30-28-32(35(2,3)4)34(38)33(29-30)36(5,6)7/h28-29,38H,8-27H2,1-7H3. The van der Waals surface area contributed by atoms with E-state index in [4.69, 9.17) is 0 Å². The Kier molecular flexibility index (Phi) is 17.3. The molecule has 1 aromatic carbocycles. The van der Waals surface area contributed by atoms with E-state index in [-0.39, 0.29) is 10.8 Å². The lowest BCUT2D eigenvalue weighted by Gasteiger charge is -2.28. The highest BCUT2D eigenvalue weighted by atomic mass is 16.3. The Balaban J connectivity index is 2.13. The van der Waals surface area contributed by atoms with Crippen LogP contribution in [0.15, 0.2) is 12.1 Å². The minimum absolute atomic E-state index is 0.108. The van der Waals surface area contributed by atoms with Crippen LogP contribution in [0.3, 0.4) is 0 Å². The molecule has 0 amide bonds. The van der Waals surface area contributed by atoms with E-state index in [1.807, 2.05) is 0 Å². The summed E-state index contributed by atoms with van der Waals surface area (Å²) in [7, 11) is 0. The first kappa shape index (κ1) is 34.7. The van der Waals surface area contributed by atoms with Gasteiger partial charge in [0.1, 0.15) is 11.5 Å². The highest BCUT2D eigenvalue weighted by Gasteiger charge is 2.26. The smallest absolute Gasteiger partial charge is 0.132 e. The molecule has 1 N–H and O–H groups in total. The molecule has 0 saturated heterocycles. The zero-order valence-corrected chi connectivity index (χ0v) is 26.7. The van der Waals surface area contributed by atoms with Crippen molar-refractivity contribution in [1.29, 1.82) is 0 Å². The van der Waals surface area contributed by atoms with Gasteiger partial charge in [0.05, 0.1) is 0 Å². The third kappa shape index (κ3) is 15.3. The van der Waals surface area contributed by atoms with E-state index in [1.54, 1.807) is 0 Å². The highest BCUT2D eigenvalue weighted by molar-refractivity contribution is 5.78. The summed E-state index contributed by atoms with van der Waals surface area (Å²) in [4.78, 5) is 12.4. The van der Waals surface area contributed by atoms with Gasteiger partial charge in [0.15, 0.2) is 0 Å². The molecule has 0 aromatic heterocycles. The molecule has 220 valence electrons. The summed E-state index contributed by atoms with van der Waals surface area (Å²) >= 11 is 0. The van der Waals surface area contributed by atoms with E-state index in [9.17, 15) is 9.90 Å². The van der Waals surface area contributed by atoms with E-state index in [0.717, 1.165) is 36.8 Å². The number of unbranched alkanes of at least 4 members (excludes halogenated alkanes) is 15. The van der Waals surface area contributed by atoms with E-state index >= 15 is 0 Å². The molecule has 0 aliphatic rings. The van der Waals surface area contributed by atoms with Gasteiger partial charge in [-0.2, -0.15) is 0 Å². The molecular formula is C36H64O2. The van der Waals surface area contributed by atoms with Crippen LogP contribution in [0.1, 0.15) is 187 Å². The Morgan fingerprint density at radius 3 is 1.29 bits per heavy atom. The van der Waals surface area contributed by atoms with Crippen LogP contribution in [0, 0.1) is 0 Å². The molecule has 2 nitrogen and oxygen atoms in total. The lowest BCUT2D eigenvalue weighted by atomic mass is 9.78. The summed E-state index contributed by atoms with van der Waals surface area (Å²) in [5.74, 6) is 0.856. The van der Waals surface area contributed by atoms with E-state index < -0.39 is 0 Å². The van der Waals surface area contributed by atoms with E-state index in [2.05, 4.69) is 60.6 Å². The molecule has 0 spiro atoms. The molecule has 0 fully saturated rings. The molecular weight excluding hydrogens is 464 g/mol. The summed E-state index contributed by atoms with van der Waals surface area (Å²) in [5, 5.41) is 10.9. The Labute approximate surface area is 237 Å². The van der Waals surface area contributed by atoms with Gasteiger partial charge in [0.2, 0.25) is 0 Å². The van der Waals surface area contributed by atoms with Crippen LogP contribution in [0.4, 0.5) is 0 Å². The average Bonchev–Trinajstić information content (AvgIpc) is 2.83. The molecule has 0 unspecified atom stereocenters. The third-order valence-corrected chi connectivity index (χ3v) is 8.02. The largest absolute Gasteiger partial charge is 0.507 e. The van der Waals surface area contributed by atoms with Crippen LogP contribution < -0.4 is 0 Å². The number of phenols is 1. The maximum atomic E-state index is 12.4. The Morgan fingerprint density at radius 2 is 0.921 bits per heavy atom. The second-order valence-electron chi connectivity index (χ2n) is 14.0. The number of Topliss-reactive ketones (excluding diaryl/α,β-unsaturated/α-hetero) is 1. The summed E-state index contributed by atoms with van der Waals surface area (Å²) in [6.45, 7) is 15.2. The maximum absolute atomic E-state index is 12.4. The molecule has 1 rings (SSSR count). The topological polar surface area (TPSA) is 37.3 Å². The summed E-state index contributed by atoms with van der Waals surface area (Å²) in [6, 6.07) is 4.31. The van der Waals surface area contributed by atoms with Crippen LogP contribution in [0.2, 0.25) is 0 Å². The number of benzene rings is 1. The molecule has 0 aliphatic carbocycles. The van der Waals surface area contributed by atoms with Gasteiger partial charge in [0, 0.05) is 12.8 Å². The van der Waals surface area contributed by atoms with Gasteiger partial charge in [0.25, 0.3) is 0 Å². The average molecular weight is 529 g/mol. The fraction of sp³-hybridized carbons (Fsp3) is 0.806. The lowest BCUT2D eigenvalue weighted by molar-refractivity contribution is -0.119. The summed E-state index contributed by atoms with van der Waals surface area (Å²) < 4.78 is 0. The molecule has 0 aliphatic heterocycles. The molecule has 0 atom stereocenters. The van der Waals surface area contributed by atoms with Gasteiger partial charge >= 0.3 is 0 Å². The van der Waals surface area contributed by atoms with Crippen molar-refractivity contribution >= 4 is 5.78 Å². The van der Waals surface area contributed by atoms with Gasteiger partial charge < -0.3 is 5.11 Å². The van der Waals surface area contributed by atoms with Gasteiger partial charge in [-0.1, -0.05) is 157 Å². The first-order valence-corrected chi connectivity index (χ1v) is 16.4. The number of aryl methyl sites for hydroxylation is 1. The van der Waals surface area contributed by atoms with Crippen molar-refractivity contribution in [2.24, 2.45) is 0 Å². The van der Waals surface area contributed by atoms with Crippen molar-refractivity contribution in [3.8, 4) is 5.75 Å². The van der Waals surface area contributed by atoms with Gasteiger partial charge in [-0.3, -0.25) is 4.79 Å². The Morgan fingerprint density at radius 1 is 0.579 bits per heavy atom. The molecule has 0 saturated carbocycles. The molecule has 0 radical (unpaired) electrons. The molecule has 1 aromatic rings. The second-order valence-corrected chi connectivity index (χ2v) is 14.0. The minimum atomic E-state index is -0.108. The van der Waals surface area contributed by atoms with Crippen LogP contribution in [-0.4, -0.2) is 10.9 Å². The summed E-state index contributed by atoms with van der Waals surface area (Å²) in [6.07, 6.45) is 25.0. The molecule has 38 heavy (non-hydrogen) atoms. The Hall–Kier alpha value is -1.31. The monoisotopic (exact) mass is 528 g/mol. The van der Waals surface area contributed by atoms with Gasteiger partial charge in [-0.25, -0.2) is 0 Å². The first-order chi connectivity index (χ1) is 18.0. The normalized spacial score (nSPS) is 12.3. The quantitative estimate of drug-likeness (QED) is 0.161. The number of rotatable bonds is 21. The Bertz CT molecular complexity index is 728. The van der Waals surface area contributed by atoms with Crippen LogP contribution >= 0.6 is 0 Å². The molecule has 0 heterocycles. The zero-order chi connectivity index (χ0) is 28.4. The molecule has 2 heteroatoms. The van der Waals surface area contributed by atoms with Crippen LogP contribution in [0.25, 0.3) is 0 Å². The predicted octanol–water partition coefficient (Wildman–Crippen LogP) is 11.5. The van der Waals surface area contributed by atoms with E-state index in [0.29, 0.717) is 18.0 Å². The number of phenolic OH excluding ortho intramolecular Hbond substituents is 1. The number of carbonyl (C=O) groups excluding carboxylic acids is 1. The second kappa shape index (κ2) is 18.9.